The number of carbonyl (C=O) groups is 1. The van der Waals surface area contributed by atoms with Gasteiger partial charge in [0.25, 0.3) is 0 Å². The summed E-state index contributed by atoms with van der Waals surface area (Å²) in [7, 11) is 0. The Kier molecular flexibility index (Phi) is 3.06. The minimum absolute atomic E-state index is 0.616. The molecule has 0 radical (unpaired) electrons. The molecule has 1 aliphatic heterocycles. The Morgan fingerprint density at radius 2 is 2.14 bits per heavy atom. The summed E-state index contributed by atoms with van der Waals surface area (Å²) in [5, 5.41) is 0. The number of hydrogen-bond acceptors (Lipinski definition) is 4. The maximum absolute atomic E-state index is 10.5. The van der Waals surface area contributed by atoms with Gasteiger partial charge in [0.05, 0.1) is 6.61 Å². The highest BCUT2D eigenvalue weighted by Crippen LogP contribution is 2.24. The molecule has 0 N–H and O–H groups in total. The third-order valence-corrected chi connectivity index (χ3v) is 2.98. The van der Waals surface area contributed by atoms with E-state index in [4.69, 9.17) is 4.74 Å². The van der Waals surface area contributed by atoms with Crippen molar-refractivity contribution in [1.29, 1.82) is 0 Å². The first-order valence-electron chi connectivity index (χ1n) is 4.43. The number of benzene rings is 1. The zero-order chi connectivity index (χ0) is 9.80. The lowest BCUT2D eigenvalue weighted by molar-refractivity contribution is 0.112. The smallest absolute Gasteiger partial charge is 0.150 e. The molecule has 0 atom stereocenters. The van der Waals surface area contributed by atoms with Crippen LogP contribution in [-0.2, 0) is 4.74 Å². The first-order chi connectivity index (χ1) is 6.90. The number of ether oxygens (including phenoxy) is 1. The highest BCUT2D eigenvalue weighted by Gasteiger charge is 2.11. The monoisotopic (exact) mass is 209 g/mol. The van der Waals surface area contributed by atoms with Crippen molar-refractivity contribution in [2.75, 3.05) is 23.4 Å². The minimum Gasteiger partial charge on any atom is -0.359 e. The molecule has 1 fully saturated rings. The van der Waals surface area contributed by atoms with Crippen molar-refractivity contribution in [1.82, 2.24) is 0 Å². The number of rotatable bonds is 2. The fraction of sp³-hybridized carbons (Fsp3) is 0.300. The average Bonchev–Trinajstić information content (AvgIpc) is 2.30. The van der Waals surface area contributed by atoms with E-state index in [1.165, 1.54) is 0 Å². The van der Waals surface area contributed by atoms with Crippen LogP contribution in [-0.4, -0.2) is 25.4 Å². The van der Waals surface area contributed by atoms with Gasteiger partial charge in [-0.1, -0.05) is 0 Å². The molecule has 1 aliphatic rings. The maximum Gasteiger partial charge on any atom is 0.150 e. The molecule has 0 bridgehead atoms. The Hall–Kier alpha value is -1.00. The van der Waals surface area contributed by atoms with Gasteiger partial charge in [0.2, 0.25) is 0 Å². The van der Waals surface area contributed by atoms with E-state index in [1.54, 1.807) is 11.9 Å². The average molecular weight is 209 g/mol. The van der Waals surface area contributed by atoms with Crippen molar-refractivity contribution in [2.24, 2.45) is 0 Å². The van der Waals surface area contributed by atoms with E-state index in [-0.39, 0.29) is 0 Å². The van der Waals surface area contributed by atoms with Gasteiger partial charge in [0.15, 0.2) is 0 Å². The second-order valence-electron chi connectivity index (χ2n) is 2.96. The van der Waals surface area contributed by atoms with E-state index in [2.05, 4.69) is 4.31 Å². The first kappa shape index (κ1) is 9.55. The van der Waals surface area contributed by atoms with E-state index >= 15 is 0 Å². The Bertz CT molecular complexity index is 306. The van der Waals surface area contributed by atoms with Crippen LogP contribution in [0.3, 0.4) is 0 Å². The van der Waals surface area contributed by atoms with Crippen LogP contribution in [0.2, 0.25) is 0 Å². The van der Waals surface area contributed by atoms with Crippen LogP contribution in [0.15, 0.2) is 24.3 Å². The molecule has 74 valence electrons. The van der Waals surface area contributed by atoms with E-state index in [9.17, 15) is 4.79 Å². The van der Waals surface area contributed by atoms with Crippen LogP contribution in [0, 0.1) is 0 Å². The van der Waals surface area contributed by atoms with Gasteiger partial charge in [-0.2, -0.15) is 0 Å². The number of anilines is 1. The quantitative estimate of drug-likeness (QED) is 0.550. The van der Waals surface area contributed by atoms with Crippen LogP contribution in [0.5, 0.6) is 0 Å². The molecule has 1 saturated heterocycles. The summed E-state index contributed by atoms with van der Waals surface area (Å²) in [6.07, 6.45) is 0.851. The predicted molar refractivity (Wildman–Crippen MR) is 57.6 cm³/mol. The zero-order valence-electron chi connectivity index (χ0n) is 7.68. The third-order valence-electron chi connectivity index (χ3n) is 2.00. The first-order valence-corrected chi connectivity index (χ1v) is 5.38. The number of hydrogen-bond donors (Lipinski definition) is 0. The van der Waals surface area contributed by atoms with Crippen molar-refractivity contribution in [3.63, 3.8) is 0 Å². The molecule has 0 aliphatic carbocycles. The molecule has 0 saturated carbocycles. The lowest BCUT2D eigenvalue weighted by atomic mass is 10.2. The molecular formula is C10H11NO2S. The minimum atomic E-state index is 0.616. The van der Waals surface area contributed by atoms with Crippen molar-refractivity contribution in [3.8, 4) is 0 Å². The predicted octanol–water partition coefficient (Wildman–Crippen LogP) is 1.94. The second-order valence-corrected chi connectivity index (χ2v) is 4.07. The van der Waals surface area contributed by atoms with Crippen LogP contribution in [0.25, 0.3) is 0 Å². The standard InChI is InChI=1S/C10H11NO2S/c12-7-9-1-3-10(4-2-9)11-8-13-5-6-14-11/h1-4,7H,5-6,8H2. The van der Waals surface area contributed by atoms with Crippen LogP contribution in [0.1, 0.15) is 10.4 Å². The lowest BCUT2D eigenvalue weighted by Gasteiger charge is -2.27. The molecule has 0 amide bonds. The maximum atomic E-state index is 10.5. The van der Waals surface area contributed by atoms with Gasteiger partial charge in [0, 0.05) is 17.0 Å². The largest absolute Gasteiger partial charge is 0.359 e. The molecular weight excluding hydrogens is 198 g/mol. The SMILES string of the molecule is O=Cc1ccc(N2COCCS2)cc1. The Morgan fingerprint density at radius 3 is 2.71 bits per heavy atom. The zero-order valence-corrected chi connectivity index (χ0v) is 8.50. The van der Waals surface area contributed by atoms with Crippen molar-refractivity contribution in [3.05, 3.63) is 29.8 Å². The number of aldehydes is 1. The molecule has 2 rings (SSSR count). The van der Waals surface area contributed by atoms with Crippen molar-refractivity contribution in [2.45, 2.75) is 0 Å². The van der Waals surface area contributed by atoms with Gasteiger partial charge in [-0.15, -0.1) is 0 Å². The summed E-state index contributed by atoms with van der Waals surface area (Å²) in [6, 6.07) is 7.51. The van der Waals surface area contributed by atoms with Gasteiger partial charge in [-0.05, 0) is 36.2 Å². The molecule has 1 aromatic carbocycles. The van der Waals surface area contributed by atoms with E-state index in [0.717, 1.165) is 24.3 Å². The summed E-state index contributed by atoms with van der Waals surface area (Å²) < 4.78 is 7.41. The van der Waals surface area contributed by atoms with Gasteiger partial charge < -0.3 is 4.74 Å². The summed E-state index contributed by atoms with van der Waals surface area (Å²) in [6.45, 7) is 1.43. The Balaban J connectivity index is 2.11. The van der Waals surface area contributed by atoms with Gasteiger partial charge in [-0.3, -0.25) is 9.10 Å². The van der Waals surface area contributed by atoms with E-state index in [1.807, 2.05) is 24.3 Å². The van der Waals surface area contributed by atoms with Crippen LogP contribution in [0.4, 0.5) is 5.69 Å². The number of carbonyl (C=O) groups excluding carboxylic acids is 1. The second kappa shape index (κ2) is 4.48. The summed E-state index contributed by atoms with van der Waals surface area (Å²) in [4.78, 5) is 10.5. The van der Waals surface area contributed by atoms with Crippen LogP contribution >= 0.6 is 11.9 Å². The molecule has 4 heteroatoms. The normalized spacial score (nSPS) is 16.7. The Labute approximate surface area is 87.2 Å². The highest BCUT2D eigenvalue weighted by atomic mass is 32.2. The Morgan fingerprint density at radius 1 is 1.36 bits per heavy atom. The van der Waals surface area contributed by atoms with E-state index in [0.29, 0.717) is 12.3 Å². The van der Waals surface area contributed by atoms with Crippen LogP contribution < -0.4 is 4.31 Å². The summed E-state index contributed by atoms with van der Waals surface area (Å²) in [5.41, 5.74) is 1.79. The molecule has 0 spiro atoms. The molecule has 14 heavy (non-hydrogen) atoms. The fourth-order valence-corrected chi connectivity index (χ4v) is 2.09. The summed E-state index contributed by atoms with van der Waals surface area (Å²) in [5.74, 6) is 0.982. The van der Waals surface area contributed by atoms with Gasteiger partial charge >= 0.3 is 0 Å². The lowest BCUT2D eigenvalue weighted by Crippen LogP contribution is -2.25. The third kappa shape index (κ3) is 2.08. The highest BCUT2D eigenvalue weighted by molar-refractivity contribution is 8.00. The van der Waals surface area contributed by atoms with E-state index < -0.39 is 0 Å². The fourth-order valence-electron chi connectivity index (χ4n) is 1.26. The molecule has 1 heterocycles. The molecule has 1 aromatic rings. The van der Waals surface area contributed by atoms with Gasteiger partial charge in [-0.25, -0.2) is 0 Å². The number of nitrogens with zero attached hydrogens (tertiary/aromatic N) is 1. The van der Waals surface area contributed by atoms with Crippen molar-refractivity contribution >= 4 is 23.9 Å². The molecule has 3 nitrogen and oxygen atoms in total. The van der Waals surface area contributed by atoms with Gasteiger partial charge in [0.1, 0.15) is 13.0 Å². The molecule has 0 unspecified atom stereocenters. The summed E-state index contributed by atoms with van der Waals surface area (Å²) >= 11 is 1.75. The topological polar surface area (TPSA) is 29.5 Å². The van der Waals surface area contributed by atoms with Crippen molar-refractivity contribution < 1.29 is 9.53 Å². The molecule has 0 aromatic heterocycles.